The van der Waals surface area contributed by atoms with Gasteiger partial charge in [0.25, 0.3) is 0 Å². The van der Waals surface area contributed by atoms with Crippen LogP contribution in [0.25, 0.3) is 0 Å². The molecule has 0 heterocycles. The van der Waals surface area contributed by atoms with Crippen LogP contribution in [0.1, 0.15) is 225 Å². The molecule has 0 radical (unpaired) electrons. The average Bonchev–Trinajstić information content (AvgIpc) is 3.06. The highest BCUT2D eigenvalue weighted by molar-refractivity contribution is 6.60. The normalized spacial score (nSPS) is 12.0. The molecule has 0 aromatic rings. The van der Waals surface area contributed by atoms with Gasteiger partial charge in [-0.15, -0.1) is 11.6 Å². The average molecular weight is 676 g/mol. The summed E-state index contributed by atoms with van der Waals surface area (Å²) in [6.45, 7) is 0. The Morgan fingerprint density at radius 3 is 0.578 bits per heavy atom. The Morgan fingerprint density at radius 1 is 0.267 bits per heavy atom. The predicted molar refractivity (Wildman–Crippen MR) is 204 cm³/mol. The molecule has 45 heavy (non-hydrogen) atoms. The van der Waals surface area contributed by atoms with E-state index in [1.165, 1.54) is 218 Å². The monoisotopic (exact) mass is 675 g/mol. The maximum atomic E-state index is 5.73. The molecule has 0 unspecified atom stereocenters. The highest BCUT2D eigenvalue weighted by Gasteiger charge is 2.36. The minimum atomic E-state index is -2.35. The lowest BCUT2D eigenvalue weighted by atomic mass is 10.0. The van der Waals surface area contributed by atoms with Crippen molar-refractivity contribution in [2.24, 2.45) is 0 Å². The number of hydrogen-bond donors (Lipinski definition) is 0. The lowest BCUT2D eigenvalue weighted by Gasteiger charge is -2.24. The van der Waals surface area contributed by atoms with Gasteiger partial charge in [0.05, 0.1) is 0 Å². The van der Waals surface area contributed by atoms with Crippen LogP contribution in [0.5, 0.6) is 0 Å². The molecule has 0 amide bonds. The molecule has 0 atom stereocenters. The van der Waals surface area contributed by atoms with Crippen LogP contribution in [0, 0.1) is 0 Å². The van der Waals surface area contributed by atoms with E-state index in [0.29, 0.717) is 0 Å². The lowest BCUT2D eigenvalue weighted by Crippen LogP contribution is -2.42. The van der Waals surface area contributed by atoms with E-state index in [-0.39, 0.29) is 0 Å². The van der Waals surface area contributed by atoms with Crippen LogP contribution in [0.2, 0.25) is 6.04 Å². The number of halogens is 1. The maximum Gasteiger partial charge on any atom is 0.500 e. The van der Waals surface area contributed by atoms with Gasteiger partial charge in [-0.05, 0) is 12.8 Å². The van der Waals surface area contributed by atoms with Crippen LogP contribution in [0.15, 0.2) is 0 Å². The number of hydrogen-bond acceptors (Lipinski definition) is 3. The van der Waals surface area contributed by atoms with E-state index in [2.05, 4.69) is 0 Å². The van der Waals surface area contributed by atoms with Crippen LogP contribution in [-0.4, -0.2) is 36.0 Å². The quantitative estimate of drug-likeness (QED) is 0.0368. The molecule has 0 fully saturated rings. The highest BCUT2D eigenvalue weighted by atomic mass is 35.5. The SMILES string of the molecule is CO[Si](CCCCCCCCCCCCCCCCCCCCCCCCCCCCCCCCCCCCCCl)(OC)OC. The van der Waals surface area contributed by atoms with E-state index in [9.17, 15) is 0 Å². The molecule has 3 nitrogen and oxygen atoms in total. The zero-order valence-electron chi connectivity index (χ0n) is 31.3. The van der Waals surface area contributed by atoms with Crippen LogP contribution in [-0.2, 0) is 13.3 Å². The van der Waals surface area contributed by atoms with E-state index in [1.807, 2.05) is 0 Å². The number of unbranched alkanes of at least 4 members (excludes halogenated alkanes) is 34. The minimum absolute atomic E-state index is 0.843. The Morgan fingerprint density at radius 2 is 0.422 bits per heavy atom. The Hall–Kier alpha value is 0.387. The molecule has 272 valence electrons. The van der Waals surface area contributed by atoms with Gasteiger partial charge in [-0.25, -0.2) is 0 Å². The fraction of sp³-hybridized carbons (Fsp3) is 1.00. The highest BCUT2D eigenvalue weighted by Crippen LogP contribution is 2.20. The van der Waals surface area contributed by atoms with Gasteiger partial charge in [-0.2, -0.15) is 0 Å². The summed E-state index contributed by atoms with van der Waals surface area (Å²) in [7, 11) is 2.79. The van der Waals surface area contributed by atoms with Gasteiger partial charge in [0, 0.05) is 33.3 Å². The van der Waals surface area contributed by atoms with Crippen LogP contribution in [0.4, 0.5) is 0 Å². The molecule has 0 aliphatic rings. The third-order valence-electron chi connectivity index (χ3n) is 10.0. The minimum Gasteiger partial charge on any atom is -0.377 e. The van der Waals surface area contributed by atoms with Gasteiger partial charge >= 0.3 is 8.80 Å². The number of alkyl halides is 1. The van der Waals surface area contributed by atoms with Crippen molar-refractivity contribution in [3.63, 3.8) is 0 Å². The second-order valence-corrected chi connectivity index (χ2v) is 17.6. The van der Waals surface area contributed by atoms with Crippen molar-refractivity contribution in [2.45, 2.75) is 231 Å². The Bertz CT molecular complexity index is 523. The van der Waals surface area contributed by atoms with Crippen molar-refractivity contribution >= 4 is 20.4 Å². The molecule has 0 aromatic carbocycles. The molecular weight excluding hydrogens is 592 g/mol. The number of rotatable bonds is 40. The van der Waals surface area contributed by atoms with Gasteiger partial charge in [0.1, 0.15) is 0 Å². The van der Waals surface area contributed by atoms with Crippen LogP contribution < -0.4 is 0 Å². The van der Waals surface area contributed by atoms with Crippen molar-refractivity contribution in [1.82, 2.24) is 0 Å². The summed E-state index contributed by atoms with van der Waals surface area (Å²) in [5.41, 5.74) is 0. The maximum absolute atomic E-state index is 5.73. The molecule has 5 heteroatoms. The van der Waals surface area contributed by atoms with Crippen LogP contribution >= 0.6 is 11.6 Å². The van der Waals surface area contributed by atoms with Gasteiger partial charge in [-0.1, -0.05) is 212 Å². The van der Waals surface area contributed by atoms with Crippen molar-refractivity contribution in [3.8, 4) is 0 Å². The van der Waals surface area contributed by atoms with Gasteiger partial charge in [0.2, 0.25) is 0 Å². The summed E-state index contributed by atoms with van der Waals surface area (Å²) in [6.07, 6.45) is 50.0. The fourth-order valence-corrected chi connectivity index (χ4v) is 8.81. The van der Waals surface area contributed by atoms with Crippen molar-refractivity contribution in [3.05, 3.63) is 0 Å². The molecule has 0 saturated heterocycles. The Kier molecular flexibility index (Phi) is 39.2. The van der Waals surface area contributed by atoms with E-state index in [4.69, 9.17) is 24.9 Å². The third-order valence-corrected chi connectivity index (χ3v) is 13.1. The van der Waals surface area contributed by atoms with E-state index < -0.39 is 8.80 Å². The van der Waals surface area contributed by atoms with E-state index in [1.54, 1.807) is 21.3 Å². The summed E-state index contributed by atoms with van der Waals surface area (Å²) in [5, 5.41) is 0. The smallest absolute Gasteiger partial charge is 0.377 e. The first-order valence-electron chi connectivity index (χ1n) is 20.5. The van der Waals surface area contributed by atoms with Gasteiger partial charge in [-0.3, -0.25) is 0 Å². The van der Waals surface area contributed by atoms with Crippen molar-refractivity contribution < 1.29 is 13.3 Å². The van der Waals surface area contributed by atoms with Crippen LogP contribution in [0.3, 0.4) is 0 Å². The molecule has 0 aliphatic heterocycles. The predicted octanol–water partition coefficient (Wildman–Crippen LogP) is 14.8. The van der Waals surface area contributed by atoms with Crippen molar-refractivity contribution in [1.29, 1.82) is 0 Å². The zero-order valence-corrected chi connectivity index (χ0v) is 33.0. The van der Waals surface area contributed by atoms with Gasteiger partial charge < -0.3 is 13.3 Å². The fourth-order valence-electron chi connectivity index (χ4n) is 6.83. The van der Waals surface area contributed by atoms with E-state index in [0.717, 1.165) is 18.3 Å². The molecule has 0 N–H and O–H groups in total. The molecule has 0 rings (SSSR count). The topological polar surface area (TPSA) is 27.7 Å². The Labute approximate surface area is 290 Å². The standard InChI is InChI=1S/C40H83ClO3Si/c1-42-45(43-2,44-3)40-38-36-34-32-30-28-26-24-22-20-18-16-14-12-10-8-6-4-5-7-9-11-13-15-17-19-21-23-25-27-29-31-33-35-37-39-41/h4-40H2,1-3H3. The summed E-state index contributed by atoms with van der Waals surface area (Å²) in [6, 6.07) is 0.939. The van der Waals surface area contributed by atoms with E-state index >= 15 is 0 Å². The second-order valence-electron chi connectivity index (χ2n) is 14.1. The summed E-state index contributed by atoms with van der Waals surface area (Å²) < 4.78 is 16.5. The summed E-state index contributed by atoms with van der Waals surface area (Å²) in [5.74, 6) is 0.843. The zero-order chi connectivity index (χ0) is 32.8. The second kappa shape index (κ2) is 38.8. The third kappa shape index (κ3) is 34.1. The molecule has 0 aromatic heterocycles. The van der Waals surface area contributed by atoms with Crippen molar-refractivity contribution in [2.75, 3.05) is 27.2 Å². The first-order chi connectivity index (χ1) is 22.2. The summed E-state index contributed by atoms with van der Waals surface area (Å²) in [4.78, 5) is 0. The Balaban J connectivity index is 3.11. The molecule has 0 spiro atoms. The molecular formula is C40H83ClO3Si. The molecule has 0 saturated carbocycles. The first kappa shape index (κ1) is 45.4. The molecule has 0 bridgehead atoms. The lowest BCUT2D eigenvalue weighted by molar-refractivity contribution is 0.122. The molecule has 0 aliphatic carbocycles. The summed E-state index contributed by atoms with van der Waals surface area (Å²) >= 11 is 5.73. The first-order valence-corrected chi connectivity index (χ1v) is 22.9. The van der Waals surface area contributed by atoms with Gasteiger partial charge in [0.15, 0.2) is 0 Å². The largest absolute Gasteiger partial charge is 0.500 e.